The standard InChI is InChI=1S/C13H17NO2/c1-10(15)13-8-12(9-14(13)2)16-11-6-4-3-5-7-11/h3-7,12-13H,8-9H2,1-2H3. The number of likely N-dealkylation sites (N-methyl/N-ethyl adjacent to an activating group) is 1. The predicted octanol–water partition coefficient (Wildman–Crippen LogP) is 1.73. The zero-order chi connectivity index (χ0) is 11.5. The Morgan fingerprint density at radius 3 is 2.62 bits per heavy atom. The number of para-hydroxylation sites is 1. The molecule has 3 nitrogen and oxygen atoms in total. The molecule has 1 aliphatic rings. The van der Waals surface area contributed by atoms with E-state index in [1.165, 1.54) is 0 Å². The van der Waals surface area contributed by atoms with E-state index in [1.54, 1.807) is 6.92 Å². The average molecular weight is 219 g/mol. The molecule has 0 aliphatic carbocycles. The Morgan fingerprint density at radius 1 is 1.38 bits per heavy atom. The van der Waals surface area contributed by atoms with Crippen molar-refractivity contribution in [2.45, 2.75) is 25.5 Å². The normalized spacial score (nSPS) is 25.6. The van der Waals surface area contributed by atoms with Crippen LogP contribution < -0.4 is 4.74 Å². The Kier molecular flexibility index (Phi) is 3.25. The molecule has 1 heterocycles. The van der Waals surface area contributed by atoms with Gasteiger partial charge in [-0.3, -0.25) is 9.69 Å². The second-order valence-electron chi connectivity index (χ2n) is 4.35. The lowest BCUT2D eigenvalue weighted by Crippen LogP contribution is -2.31. The van der Waals surface area contributed by atoms with Crippen molar-refractivity contribution in [2.75, 3.05) is 13.6 Å². The Balaban J connectivity index is 1.96. The van der Waals surface area contributed by atoms with Gasteiger partial charge < -0.3 is 4.74 Å². The maximum absolute atomic E-state index is 11.4. The zero-order valence-corrected chi connectivity index (χ0v) is 9.72. The number of hydrogen-bond donors (Lipinski definition) is 0. The van der Waals surface area contributed by atoms with Gasteiger partial charge in [0.25, 0.3) is 0 Å². The van der Waals surface area contributed by atoms with Crippen molar-refractivity contribution in [3.8, 4) is 5.75 Å². The highest BCUT2D eigenvalue weighted by Crippen LogP contribution is 2.21. The summed E-state index contributed by atoms with van der Waals surface area (Å²) < 4.78 is 5.83. The summed E-state index contributed by atoms with van der Waals surface area (Å²) in [6.07, 6.45) is 0.919. The quantitative estimate of drug-likeness (QED) is 0.775. The van der Waals surface area contributed by atoms with Crippen LogP contribution in [0.3, 0.4) is 0 Å². The molecule has 3 heteroatoms. The number of nitrogens with zero attached hydrogens (tertiary/aromatic N) is 1. The van der Waals surface area contributed by atoms with Crippen molar-refractivity contribution in [3.63, 3.8) is 0 Å². The molecule has 0 spiro atoms. The fraction of sp³-hybridized carbons (Fsp3) is 0.462. The van der Waals surface area contributed by atoms with E-state index in [2.05, 4.69) is 4.90 Å². The van der Waals surface area contributed by atoms with Gasteiger partial charge in [-0.25, -0.2) is 0 Å². The first kappa shape index (κ1) is 11.1. The monoisotopic (exact) mass is 219 g/mol. The molecule has 2 rings (SSSR count). The van der Waals surface area contributed by atoms with Crippen LogP contribution >= 0.6 is 0 Å². The van der Waals surface area contributed by atoms with E-state index in [9.17, 15) is 4.79 Å². The number of rotatable bonds is 3. The molecule has 0 amide bonds. The number of Topliss-reactive ketones (excluding diaryl/α,β-unsaturated/α-hetero) is 1. The second-order valence-corrected chi connectivity index (χ2v) is 4.35. The number of carbonyl (C=O) groups excluding carboxylic acids is 1. The van der Waals surface area contributed by atoms with Crippen LogP contribution in [0.4, 0.5) is 0 Å². The summed E-state index contributed by atoms with van der Waals surface area (Å²) in [7, 11) is 1.97. The topological polar surface area (TPSA) is 29.5 Å². The van der Waals surface area contributed by atoms with Gasteiger partial charge >= 0.3 is 0 Å². The lowest BCUT2D eigenvalue weighted by atomic mass is 10.1. The number of ether oxygens (including phenoxy) is 1. The Hall–Kier alpha value is -1.35. The highest BCUT2D eigenvalue weighted by atomic mass is 16.5. The van der Waals surface area contributed by atoms with Gasteiger partial charge in [0, 0.05) is 13.0 Å². The molecule has 0 radical (unpaired) electrons. The van der Waals surface area contributed by atoms with Crippen LogP contribution in [0.5, 0.6) is 5.75 Å². The molecule has 1 aliphatic heterocycles. The molecule has 2 atom stereocenters. The summed E-state index contributed by atoms with van der Waals surface area (Å²) in [5.74, 6) is 1.10. The number of carbonyl (C=O) groups is 1. The van der Waals surface area contributed by atoms with Crippen molar-refractivity contribution in [1.29, 1.82) is 0 Å². The number of likely N-dealkylation sites (tertiary alicyclic amines) is 1. The fourth-order valence-electron chi connectivity index (χ4n) is 2.21. The third-order valence-corrected chi connectivity index (χ3v) is 3.03. The molecule has 0 bridgehead atoms. The van der Waals surface area contributed by atoms with E-state index < -0.39 is 0 Å². The molecule has 86 valence electrons. The van der Waals surface area contributed by atoms with Gasteiger partial charge in [-0.1, -0.05) is 18.2 Å². The first-order valence-corrected chi connectivity index (χ1v) is 5.59. The number of ketones is 1. The van der Waals surface area contributed by atoms with E-state index in [-0.39, 0.29) is 17.9 Å². The summed E-state index contributed by atoms with van der Waals surface area (Å²) in [4.78, 5) is 13.4. The molecule has 1 fully saturated rings. The van der Waals surface area contributed by atoms with E-state index in [4.69, 9.17) is 4.74 Å². The van der Waals surface area contributed by atoms with E-state index in [0.717, 1.165) is 18.7 Å². The summed E-state index contributed by atoms with van der Waals surface area (Å²) in [5.41, 5.74) is 0. The lowest BCUT2D eigenvalue weighted by molar-refractivity contribution is -0.120. The van der Waals surface area contributed by atoms with Gasteiger partial charge in [-0.2, -0.15) is 0 Å². The van der Waals surface area contributed by atoms with Crippen LogP contribution in [-0.2, 0) is 4.79 Å². The minimum atomic E-state index is 0.0220. The van der Waals surface area contributed by atoms with E-state index in [1.807, 2.05) is 37.4 Å². The summed E-state index contributed by atoms with van der Waals surface area (Å²) in [6, 6.07) is 9.79. The lowest BCUT2D eigenvalue weighted by Gasteiger charge is -2.14. The van der Waals surface area contributed by atoms with Crippen LogP contribution in [0.1, 0.15) is 13.3 Å². The molecule has 2 unspecified atom stereocenters. The Morgan fingerprint density at radius 2 is 2.06 bits per heavy atom. The molecule has 0 aromatic heterocycles. The van der Waals surface area contributed by atoms with Gasteiger partial charge in [-0.05, 0) is 26.1 Å². The molecule has 0 N–H and O–H groups in total. The van der Waals surface area contributed by atoms with Crippen molar-refractivity contribution in [3.05, 3.63) is 30.3 Å². The van der Waals surface area contributed by atoms with Crippen molar-refractivity contribution < 1.29 is 9.53 Å². The minimum absolute atomic E-state index is 0.0220. The maximum atomic E-state index is 11.4. The van der Waals surface area contributed by atoms with Gasteiger partial charge in [0.15, 0.2) is 0 Å². The van der Waals surface area contributed by atoms with Crippen molar-refractivity contribution in [1.82, 2.24) is 4.90 Å². The number of benzene rings is 1. The van der Waals surface area contributed by atoms with Crippen LogP contribution in [0.2, 0.25) is 0 Å². The fourth-order valence-corrected chi connectivity index (χ4v) is 2.21. The highest BCUT2D eigenvalue weighted by Gasteiger charge is 2.33. The molecule has 16 heavy (non-hydrogen) atoms. The third kappa shape index (κ3) is 2.42. The maximum Gasteiger partial charge on any atom is 0.147 e. The molecule has 0 saturated carbocycles. The van der Waals surface area contributed by atoms with Gasteiger partial charge in [0.05, 0.1) is 6.04 Å². The molecule has 1 saturated heterocycles. The largest absolute Gasteiger partial charge is 0.489 e. The van der Waals surface area contributed by atoms with Gasteiger partial charge in [0.2, 0.25) is 0 Å². The van der Waals surface area contributed by atoms with E-state index in [0.29, 0.717) is 0 Å². The molecular formula is C13H17NO2. The summed E-state index contributed by atoms with van der Waals surface area (Å²) in [6.45, 7) is 2.46. The first-order chi connectivity index (χ1) is 7.66. The van der Waals surface area contributed by atoms with Crippen LogP contribution in [-0.4, -0.2) is 36.4 Å². The van der Waals surface area contributed by atoms with Crippen molar-refractivity contribution >= 4 is 5.78 Å². The Bertz CT molecular complexity index is 363. The average Bonchev–Trinajstić information content (AvgIpc) is 2.61. The highest BCUT2D eigenvalue weighted by molar-refractivity contribution is 5.81. The van der Waals surface area contributed by atoms with Crippen LogP contribution in [0.25, 0.3) is 0 Å². The predicted molar refractivity (Wildman–Crippen MR) is 62.6 cm³/mol. The third-order valence-electron chi connectivity index (χ3n) is 3.03. The summed E-state index contributed by atoms with van der Waals surface area (Å²) >= 11 is 0. The Labute approximate surface area is 96.0 Å². The molecule has 1 aromatic carbocycles. The van der Waals surface area contributed by atoms with Gasteiger partial charge in [0.1, 0.15) is 17.6 Å². The van der Waals surface area contributed by atoms with Crippen LogP contribution in [0, 0.1) is 0 Å². The molecule has 1 aromatic rings. The summed E-state index contributed by atoms with van der Waals surface area (Å²) in [5, 5.41) is 0. The number of hydrogen-bond acceptors (Lipinski definition) is 3. The SMILES string of the molecule is CC(=O)C1CC(Oc2ccccc2)CN1C. The first-order valence-electron chi connectivity index (χ1n) is 5.59. The second kappa shape index (κ2) is 4.66. The minimum Gasteiger partial charge on any atom is -0.489 e. The zero-order valence-electron chi connectivity index (χ0n) is 9.72. The molecular weight excluding hydrogens is 202 g/mol. The smallest absolute Gasteiger partial charge is 0.147 e. The van der Waals surface area contributed by atoms with E-state index >= 15 is 0 Å². The van der Waals surface area contributed by atoms with Crippen LogP contribution in [0.15, 0.2) is 30.3 Å². The van der Waals surface area contributed by atoms with Gasteiger partial charge in [-0.15, -0.1) is 0 Å². The van der Waals surface area contributed by atoms with Crippen molar-refractivity contribution in [2.24, 2.45) is 0 Å².